The lowest BCUT2D eigenvalue weighted by molar-refractivity contribution is 0.0143. The molecule has 0 aromatic heterocycles. The Kier molecular flexibility index (Phi) is 3.58. The Balaban J connectivity index is 2.21. The molecule has 1 aromatic rings. The molecule has 1 fully saturated rings. The predicted molar refractivity (Wildman–Crippen MR) is 72.0 cm³/mol. The lowest BCUT2D eigenvalue weighted by atomic mass is 9.64. The highest BCUT2D eigenvalue weighted by Crippen LogP contribution is 2.42. The van der Waals surface area contributed by atoms with Gasteiger partial charge in [-0.05, 0) is 35.7 Å². The van der Waals surface area contributed by atoms with Gasteiger partial charge in [-0.25, -0.2) is 0 Å². The van der Waals surface area contributed by atoms with E-state index in [9.17, 15) is 5.11 Å². The highest BCUT2D eigenvalue weighted by Gasteiger charge is 2.38. The molecule has 1 aliphatic rings. The van der Waals surface area contributed by atoms with Crippen LogP contribution in [0.5, 0.6) is 0 Å². The molecule has 1 aromatic carbocycles. The SMILES string of the molecule is C[C@@H]1CC[C@H](C(C)(C)c2ccccc2)[C@H](O)C1. The fraction of sp³-hybridized carbons (Fsp3) is 0.625. The van der Waals surface area contributed by atoms with E-state index in [1.54, 1.807) is 0 Å². The number of aliphatic hydroxyl groups excluding tert-OH is 1. The summed E-state index contributed by atoms with van der Waals surface area (Å²) in [4.78, 5) is 0. The van der Waals surface area contributed by atoms with Crippen molar-refractivity contribution in [2.24, 2.45) is 11.8 Å². The van der Waals surface area contributed by atoms with Crippen molar-refractivity contribution < 1.29 is 5.11 Å². The van der Waals surface area contributed by atoms with Gasteiger partial charge in [0.25, 0.3) is 0 Å². The molecule has 94 valence electrons. The second kappa shape index (κ2) is 4.81. The number of benzene rings is 1. The molecule has 0 saturated heterocycles. The largest absolute Gasteiger partial charge is 0.393 e. The summed E-state index contributed by atoms with van der Waals surface area (Å²) in [6.07, 6.45) is 3.21. The van der Waals surface area contributed by atoms with Gasteiger partial charge in [-0.1, -0.05) is 57.5 Å². The van der Waals surface area contributed by atoms with Crippen molar-refractivity contribution in [2.45, 2.75) is 51.6 Å². The van der Waals surface area contributed by atoms with Gasteiger partial charge in [-0.15, -0.1) is 0 Å². The zero-order valence-electron chi connectivity index (χ0n) is 11.2. The van der Waals surface area contributed by atoms with Crippen LogP contribution in [0.3, 0.4) is 0 Å². The Morgan fingerprint density at radius 3 is 2.35 bits per heavy atom. The summed E-state index contributed by atoms with van der Waals surface area (Å²) >= 11 is 0. The average Bonchev–Trinajstić information content (AvgIpc) is 2.29. The van der Waals surface area contributed by atoms with Gasteiger partial charge >= 0.3 is 0 Å². The van der Waals surface area contributed by atoms with Crippen molar-refractivity contribution in [1.82, 2.24) is 0 Å². The topological polar surface area (TPSA) is 20.2 Å². The van der Waals surface area contributed by atoms with Crippen LogP contribution in [-0.4, -0.2) is 11.2 Å². The maximum atomic E-state index is 10.3. The normalized spacial score (nSPS) is 30.2. The molecule has 0 amide bonds. The van der Waals surface area contributed by atoms with E-state index in [4.69, 9.17) is 0 Å². The number of rotatable bonds is 2. The van der Waals surface area contributed by atoms with Crippen molar-refractivity contribution in [3.05, 3.63) is 35.9 Å². The van der Waals surface area contributed by atoms with Crippen LogP contribution < -0.4 is 0 Å². The quantitative estimate of drug-likeness (QED) is 0.823. The molecule has 17 heavy (non-hydrogen) atoms. The van der Waals surface area contributed by atoms with Crippen LogP contribution in [-0.2, 0) is 5.41 Å². The van der Waals surface area contributed by atoms with Crippen molar-refractivity contribution in [3.63, 3.8) is 0 Å². The Labute approximate surface area is 105 Å². The van der Waals surface area contributed by atoms with E-state index in [1.807, 2.05) is 0 Å². The molecule has 1 heteroatoms. The summed E-state index contributed by atoms with van der Waals surface area (Å²) < 4.78 is 0. The minimum atomic E-state index is -0.144. The standard InChI is InChI=1S/C16H24O/c1-12-9-10-14(15(17)11-12)16(2,3)13-7-5-4-6-8-13/h4-8,12,14-15,17H,9-11H2,1-3H3/t12-,14+,15-/m1/s1. The van der Waals surface area contributed by atoms with E-state index in [1.165, 1.54) is 12.0 Å². The van der Waals surface area contributed by atoms with E-state index in [0.717, 1.165) is 12.8 Å². The average molecular weight is 232 g/mol. The van der Waals surface area contributed by atoms with Crippen molar-refractivity contribution in [3.8, 4) is 0 Å². The van der Waals surface area contributed by atoms with E-state index < -0.39 is 0 Å². The second-order valence-corrected chi connectivity index (χ2v) is 6.18. The Hall–Kier alpha value is -0.820. The van der Waals surface area contributed by atoms with Gasteiger partial charge in [-0.2, -0.15) is 0 Å². The van der Waals surface area contributed by atoms with Crippen LogP contribution in [0.4, 0.5) is 0 Å². The zero-order chi connectivity index (χ0) is 12.5. The maximum Gasteiger partial charge on any atom is 0.0579 e. The Morgan fingerprint density at radius 1 is 1.12 bits per heavy atom. The van der Waals surface area contributed by atoms with Crippen LogP contribution in [0, 0.1) is 11.8 Å². The van der Waals surface area contributed by atoms with Crippen LogP contribution in [0.1, 0.15) is 45.6 Å². The highest BCUT2D eigenvalue weighted by atomic mass is 16.3. The fourth-order valence-corrected chi connectivity index (χ4v) is 3.27. The summed E-state index contributed by atoms with van der Waals surface area (Å²) in [5.41, 5.74) is 1.42. The minimum Gasteiger partial charge on any atom is -0.393 e. The maximum absolute atomic E-state index is 10.3. The van der Waals surface area contributed by atoms with Crippen LogP contribution in [0.15, 0.2) is 30.3 Å². The third-order valence-corrected chi connectivity index (χ3v) is 4.52. The molecule has 1 saturated carbocycles. The summed E-state index contributed by atoms with van der Waals surface area (Å²) in [5.74, 6) is 1.06. The van der Waals surface area contributed by atoms with Gasteiger partial charge in [-0.3, -0.25) is 0 Å². The molecule has 0 unspecified atom stereocenters. The van der Waals surface area contributed by atoms with Crippen molar-refractivity contribution in [2.75, 3.05) is 0 Å². The molecule has 3 atom stereocenters. The van der Waals surface area contributed by atoms with Gasteiger partial charge in [0.2, 0.25) is 0 Å². The van der Waals surface area contributed by atoms with Gasteiger partial charge in [0.05, 0.1) is 6.10 Å². The van der Waals surface area contributed by atoms with Gasteiger partial charge in [0.15, 0.2) is 0 Å². The fourth-order valence-electron chi connectivity index (χ4n) is 3.27. The van der Waals surface area contributed by atoms with E-state index in [2.05, 4.69) is 51.1 Å². The number of aliphatic hydroxyl groups is 1. The molecule has 0 aliphatic heterocycles. The summed E-state index contributed by atoms with van der Waals surface area (Å²) in [7, 11) is 0. The first-order chi connectivity index (χ1) is 8.01. The third-order valence-electron chi connectivity index (χ3n) is 4.52. The molecular weight excluding hydrogens is 208 g/mol. The third kappa shape index (κ3) is 2.55. The molecule has 1 N–H and O–H groups in total. The number of hydrogen-bond acceptors (Lipinski definition) is 1. The lowest BCUT2D eigenvalue weighted by Crippen LogP contribution is -2.41. The van der Waals surface area contributed by atoms with Gasteiger partial charge < -0.3 is 5.11 Å². The van der Waals surface area contributed by atoms with Crippen LogP contribution in [0.25, 0.3) is 0 Å². The summed E-state index contributed by atoms with van der Waals surface area (Å²) in [6, 6.07) is 10.6. The molecule has 1 aliphatic carbocycles. The molecule has 0 bridgehead atoms. The highest BCUT2D eigenvalue weighted by molar-refractivity contribution is 5.25. The van der Waals surface area contributed by atoms with Crippen molar-refractivity contribution >= 4 is 0 Å². The van der Waals surface area contributed by atoms with E-state index in [0.29, 0.717) is 11.8 Å². The molecule has 0 heterocycles. The first-order valence-electron chi connectivity index (χ1n) is 6.75. The minimum absolute atomic E-state index is 0.0703. The van der Waals surface area contributed by atoms with Gasteiger partial charge in [0.1, 0.15) is 0 Å². The second-order valence-electron chi connectivity index (χ2n) is 6.18. The smallest absolute Gasteiger partial charge is 0.0579 e. The van der Waals surface area contributed by atoms with E-state index in [-0.39, 0.29) is 11.5 Å². The number of hydrogen-bond donors (Lipinski definition) is 1. The zero-order valence-corrected chi connectivity index (χ0v) is 11.2. The Bertz CT molecular complexity index is 355. The van der Waals surface area contributed by atoms with Crippen LogP contribution in [0.2, 0.25) is 0 Å². The molecule has 0 spiro atoms. The molecule has 0 radical (unpaired) electrons. The van der Waals surface area contributed by atoms with Gasteiger partial charge in [0, 0.05) is 0 Å². The van der Waals surface area contributed by atoms with Crippen LogP contribution >= 0.6 is 0 Å². The lowest BCUT2D eigenvalue weighted by Gasteiger charge is -2.42. The van der Waals surface area contributed by atoms with Crippen molar-refractivity contribution in [1.29, 1.82) is 0 Å². The summed E-state index contributed by atoms with van der Waals surface area (Å²) in [5, 5.41) is 10.3. The predicted octanol–water partition coefficient (Wildman–Crippen LogP) is 3.76. The van der Waals surface area contributed by atoms with E-state index >= 15 is 0 Å². The molecular formula is C16H24O. The first kappa shape index (κ1) is 12.6. The monoisotopic (exact) mass is 232 g/mol. The summed E-state index contributed by atoms with van der Waals surface area (Å²) in [6.45, 7) is 6.79. The molecule has 2 rings (SSSR count). The Morgan fingerprint density at radius 2 is 1.76 bits per heavy atom. The first-order valence-corrected chi connectivity index (χ1v) is 6.75. The molecule has 1 nitrogen and oxygen atoms in total.